The minimum Gasteiger partial charge on any atom is -0.345 e. The molecule has 1 fully saturated rings. The maximum Gasteiger partial charge on any atom is 0.194 e. The molecule has 1 atom stereocenters. The number of nitrogens with zero attached hydrogens (tertiary/aromatic N) is 1. The highest BCUT2D eigenvalue weighted by molar-refractivity contribution is 7.82. The van der Waals surface area contributed by atoms with Crippen LogP contribution in [-0.4, -0.2) is 15.1 Å². The molecule has 0 saturated carbocycles. The summed E-state index contributed by atoms with van der Waals surface area (Å²) in [6.07, 6.45) is 0. The number of hydrogen-bond acceptors (Lipinski definition) is 3. The molecular weight excluding hydrogens is 298 g/mol. The third kappa shape index (κ3) is 2.50. The summed E-state index contributed by atoms with van der Waals surface area (Å²) < 4.78 is 0. The first-order valence-corrected chi connectivity index (χ1v) is 7.47. The van der Waals surface area contributed by atoms with Crippen LogP contribution in [0.1, 0.15) is 12.5 Å². The fourth-order valence-corrected chi connectivity index (χ4v) is 3.05. The fourth-order valence-electron chi connectivity index (χ4n) is 2.35. The van der Waals surface area contributed by atoms with Gasteiger partial charge in [0, 0.05) is 0 Å². The van der Waals surface area contributed by atoms with Crippen LogP contribution in [0.5, 0.6) is 0 Å². The lowest BCUT2D eigenvalue weighted by Gasteiger charge is -2.25. The van der Waals surface area contributed by atoms with E-state index in [0.29, 0.717) is 10.1 Å². The highest BCUT2D eigenvalue weighted by Crippen LogP contribution is 2.30. The molecule has 2 N–H and O–H groups in total. The highest BCUT2D eigenvalue weighted by atomic mass is 32.1. The number of benzene rings is 2. The van der Waals surface area contributed by atoms with Crippen molar-refractivity contribution in [3.8, 4) is 0 Å². The Balaban J connectivity index is 1.89. The standard InChI is InChI=1S/C16H15N3S2/c1-16(12-8-4-2-5-9-12)14(20)19(15(21)17-16)18-13-10-6-3-7-11-13/h2-11,18H,1H3,(H,17,21). The second-order valence-electron chi connectivity index (χ2n) is 5.04. The van der Waals surface area contributed by atoms with E-state index < -0.39 is 5.54 Å². The molecule has 0 aliphatic carbocycles. The van der Waals surface area contributed by atoms with Crippen molar-refractivity contribution in [1.82, 2.24) is 10.3 Å². The molecule has 1 aliphatic rings. The van der Waals surface area contributed by atoms with E-state index in [9.17, 15) is 0 Å². The van der Waals surface area contributed by atoms with Gasteiger partial charge >= 0.3 is 0 Å². The monoisotopic (exact) mass is 313 g/mol. The van der Waals surface area contributed by atoms with Gasteiger partial charge in [0.15, 0.2) is 5.11 Å². The molecule has 1 unspecified atom stereocenters. The Morgan fingerprint density at radius 1 is 0.952 bits per heavy atom. The largest absolute Gasteiger partial charge is 0.345 e. The van der Waals surface area contributed by atoms with Crippen molar-refractivity contribution in [3.63, 3.8) is 0 Å². The van der Waals surface area contributed by atoms with E-state index in [1.165, 1.54) is 0 Å². The van der Waals surface area contributed by atoms with Crippen molar-refractivity contribution in [3.05, 3.63) is 66.2 Å². The van der Waals surface area contributed by atoms with Gasteiger partial charge in [0.1, 0.15) is 10.5 Å². The van der Waals surface area contributed by atoms with Gasteiger partial charge in [0.2, 0.25) is 0 Å². The van der Waals surface area contributed by atoms with Crippen LogP contribution >= 0.6 is 24.4 Å². The maximum absolute atomic E-state index is 5.65. The van der Waals surface area contributed by atoms with E-state index in [2.05, 4.69) is 10.7 Å². The summed E-state index contributed by atoms with van der Waals surface area (Å²) in [5.74, 6) is 0. The van der Waals surface area contributed by atoms with Crippen molar-refractivity contribution in [2.45, 2.75) is 12.5 Å². The van der Waals surface area contributed by atoms with Crippen LogP contribution in [0, 0.1) is 0 Å². The summed E-state index contributed by atoms with van der Waals surface area (Å²) in [6, 6.07) is 19.9. The number of rotatable bonds is 3. The molecule has 0 radical (unpaired) electrons. The number of hydrogen-bond donors (Lipinski definition) is 2. The molecule has 1 saturated heterocycles. The topological polar surface area (TPSA) is 27.3 Å². The highest BCUT2D eigenvalue weighted by Gasteiger charge is 2.43. The predicted octanol–water partition coefficient (Wildman–Crippen LogP) is 3.45. The van der Waals surface area contributed by atoms with Crippen LogP contribution in [0.3, 0.4) is 0 Å². The molecule has 2 aromatic carbocycles. The first kappa shape index (κ1) is 14.0. The molecule has 5 heteroatoms. The number of hydrazine groups is 1. The van der Waals surface area contributed by atoms with Gasteiger partial charge in [-0.1, -0.05) is 60.7 Å². The van der Waals surface area contributed by atoms with Crippen LogP contribution in [0.25, 0.3) is 0 Å². The Bertz CT molecular complexity index is 672. The van der Waals surface area contributed by atoms with Gasteiger partial charge in [-0.2, -0.15) is 0 Å². The molecule has 3 rings (SSSR count). The van der Waals surface area contributed by atoms with Crippen LogP contribution in [0.4, 0.5) is 5.69 Å². The Labute approximate surface area is 134 Å². The third-order valence-electron chi connectivity index (χ3n) is 3.56. The number of nitrogens with one attached hydrogen (secondary N) is 2. The molecule has 1 aliphatic heterocycles. The summed E-state index contributed by atoms with van der Waals surface area (Å²) in [7, 11) is 0. The average molecular weight is 313 g/mol. The number of anilines is 1. The molecule has 2 aromatic rings. The quantitative estimate of drug-likeness (QED) is 0.847. The molecule has 1 heterocycles. The molecule has 0 spiro atoms. The van der Waals surface area contributed by atoms with E-state index in [0.717, 1.165) is 11.3 Å². The van der Waals surface area contributed by atoms with Gasteiger partial charge in [0.05, 0.1) is 5.69 Å². The number of para-hydroxylation sites is 1. The van der Waals surface area contributed by atoms with E-state index in [4.69, 9.17) is 24.4 Å². The van der Waals surface area contributed by atoms with Crippen molar-refractivity contribution in [1.29, 1.82) is 0 Å². The normalized spacial score (nSPS) is 21.3. The first-order chi connectivity index (χ1) is 10.1. The van der Waals surface area contributed by atoms with E-state index in [1.807, 2.05) is 67.6 Å². The molecule has 0 bridgehead atoms. The summed E-state index contributed by atoms with van der Waals surface area (Å²) in [6.45, 7) is 2.05. The Morgan fingerprint density at radius 3 is 2.14 bits per heavy atom. The Kier molecular flexibility index (Phi) is 3.61. The van der Waals surface area contributed by atoms with Gasteiger partial charge in [0.25, 0.3) is 0 Å². The third-order valence-corrected chi connectivity index (χ3v) is 4.43. The van der Waals surface area contributed by atoms with Crippen LogP contribution in [0.15, 0.2) is 60.7 Å². The van der Waals surface area contributed by atoms with Crippen LogP contribution < -0.4 is 10.7 Å². The van der Waals surface area contributed by atoms with E-state index >= 15 is 0 Å². The molecule has 0 aromatic heterocycles. The predicted molar refractivity (Wildman–Crippen MR) is 94.0 cm³/mol. The van der Waals surface area contributed by atoms with Crippen molar-refractivity contribution in [2.24, 2.45) is 0 Å². The fraction of sp³-hybridized carbons (Fsp3) is 0.125. The summed E-state index contributed by atoms with van der Waals surface area (Å²) in [4.78, 5) is 0.711. The number of thiocarbonyl (C=S) groups is 2. The zero-order chi connectivity index (χ0) is 14.9. The van der Waals surface area contributed by atoms with Gasteiger partial charge in [-0.25, -0.2) is 5.01 Å². The smallest absolute Gasteiger partial charge is 0.194 e. The van der Waals surface area contributed by atoms with Crippen LogP contribution in [0.2, 0.25) is 0 Å². The van der Waals surface area contributed by atoms with E-state index in [1.54, 1.807) is 5.01 Å². The van der Waals surface area contributed by atoms with Gasteiger partial charge in [-0.15, -0.1) is 0 Å². The van der Waals surface area contributed by atoms with Crippen LogP contribution in [-0.2, 0) is 5.54 Å². The first-order valence-electron chi connectivity index (χ1n) is 6.65. The van der Waals surface area contributed by atoms with Gasteiger partial charge in [-0.05, 0) is 36.8 Å². The summed E-state index contributed by atoms with van der Waals surface area (Å²) in [5.41, 5.74) is 4.82. The lowest BCUT2D eigenvalue weighted by Crippen LogP contribution is -2.40. The lowest BCUT2D eigenvalue weighted by atomic mass is 9.93. The van der Waals surface area contributed by atoms with Crippen molar-refractivity contribution in [2.75, 3.05) is 5.43 Å². The summed E-state index contributed by atoms with van der Waals surface area (Å²) in [5, 5.41) is 5.66. The van der Waals surface area contributed by atoms with Crippen molar-refractivity contribution < 1.29 is 0 Å². The second kappa shape index (κ2) is 5.42. The zero-order valence-electron chi connectivity index (χ0n) is 11.5. The molecule has 3 nitrogen and oxygen atoms in total. The Hall–Kier alpha value is -1.98. The molecule has 21 heavy (non-hydrogen) atoms. The molecule has 0 amide bonds. The maximum atomic E-state index is 5.65. The average Bonchev–Trinajstić information content (AvgIpc) is 2.74. The molecule has 106 valence electrons. The Morgan fingerprint density at radius 2 is 1.52 bits per heavy atom. The second-order valence-corrected chi connectivity index (χ2v) is 5.81. The minimum atomic E-state index is -0.477. The zero-order valence-corrected chi connectivity index (χ0v) is 13.2. The lowest BCUT2D eigenvalue weighted by molar-refractivity contribution is 0.619. The molecular formula is C16H15N3S2. The summed E-state index contributed by atoms with van der Waals surface area (Å²) >= 11 is 11.1. The van der Waals surface area contributed by atoms with Crippen molar-refractivity contribution >= 4 is 40.2 Å². The van der Waals surface area contributed by atoms with Gasteiger partial charge < -0.3 is 5.32 Å². The van der Waals surface area contributed by atoms with Gasteiger partial charge in [-0.3, -0.25) is 5.43 Å². The van der Waals surface area contributed by atoms with E-state index in [-0.39, 0.29) is 0 Å². The minimum absolute atomic E-state index is 0.477. The SMILES string of the molecule is CC1(c2ccccc2)NC(=S)N(Nc2ccccc2)C1=S.